The zero-order chi connectivity index (χ0) is 18.5. The van der Waals surface area contributed by atoms with Crippen LogP contribution in [0, 0.1) is 11.3 Å². The minimum absolute atomic E-state index is 0.0286. The molecule has 1 N–H and O–H groups in total. The third kappa shape index (κ3) is 2.77. The fourth-order valence-electron chi connectivity index (χ4n) is 3.62. The summed E-state index contributed by atoms with van der Waals surface area (Å²) in [5.41, 5.74) is -0.571. The molecule has 1 aromatic rings. The van der Waals surface area contributed by atoms with Crippen molar-refractivity contribution in [2.45, 2.75) is 56.8 Å². The van der Waals surface area contributed by atoms with Crippen molar-refractivity contribution in [1.29, 1.82) is 5.26 Å². The van der Waals surface area contributed by atoms with Gasteiger partial charge in [0.05, 0.1) is 0 Å². The monoisotopic (exact) mass is 338 g/mol. The standard InChI is InChI=1S/C20H22N2O3/c1-13(23)22-20-11-16(19(12-21,25-20)10-9-17(20)24)14-5-7-15(8-6-14)18(2,3)4/h5-10,16H,11H2,1-4H3,(H,22,23)/t16?,19-,20+/m0/s1. The van der Waals surface area contributed by atoms with Crippen molar-refractivity contribution in [3.8, 4) is 6.07 Å². The third-order valence-corrected chi connectivity index (χ3v) is 4.96. The number of rotatable bonds is 2. The van der Waals surface area contributed by atoms with Gasteiger partial charge in [0.1, 0.15) is 6.07 Å². The lowest BCUT2D eigenvalue weighted by Crippen LogP contribution is -2.56. The molecule has 1 unspecified atom stereocenters. The number of ether oxygens (including phenoxy) is 1. The highest BCUT2D eigenvalue weighted by Crippen LogP contribution is 2.50. The van der Waals surface area contributed by atoms with Crippen LogP contribution in [0.4, 0.5) is 0 Å². The molecule has 2 aliphatic rings. The molecule has 0 spiro atoms. The fourth-order valence-corrected chi connectivity index (χ4v) is 3.62. The van der Waals surface area contributed by atoms with E-state index in [9.17, 15) is 14.9 Å². The molecule has 0 radical (unpaired) electrons. The van der Waals surface area contributed by atoms with Gasteiger partial charge in [-0.25, -0.2) is 0 Å². The zero-order valence-corrected chi connectivity index (χ0v) is 14.9. The van der Waals surface area contributed by atoms with Crippen molar-refractivity contribution in [3.63, 3.8) is 0 Å². The van der Waals surface area contributed by atoms with Crippen molar-refractivity contribution < 1.29 is 14.3 Å². The number of nitrogens with zero attached hydrogens (tertiary/aromatic N) is 1. The van der Waals surface area contributed by atoms with Gasteiger partial charge in [-0.15, -0.1) is 0 Å². The first-order valence-electron chi connectivity index (χ1n) is 8.36. The van der Waals surface area contributed by atoms with Crippen LogP contribution < -0.4 is 5.32 Å². The molecule has 2 heterocycles. The lowest BCUT2D eigenvalue weighted by Gasteiger charge is -2.32. The molecular formula is C20H22N2O3. The molecule has 0 saturated carbocycles. The summed E-state index contributed by atoms with van der Waals surface area (Å²) in [6.45, 7) is 7.75. The number of nitriles is 1. The molecule has 2 bridgehead atoms. The van der Waals surface area contributed by atoms with Crippen LogP contribution in [0.1, 0.15) is 51.2 Å². The van der Waals surface area contributed by atoms with Crippen LogP contribution in [0.3, 0.4) is 0 Å². The van der Waals surface area contributed by atoms with E-state index in [1.807, 2.05) is 24.3 Å². The highest BCUT2D eigenvalue weighted by Gasteiger charge is 2.61. The molecule has 25 heavy (non-hydrogen) atoms. The Morgan fingerprint density at radius 3 is 2.48 bits per heavy atom. The molecule has 3 atom stereocenters. The molecule has 0 aliphatic carbocycles. The first kappa shape index (κ1) is 17.4. The maximum atomic E-state index is 12.4. The SMILES string of the molecule is CC(=O)N[C@@]12CC(c3ccc(C(C)(C)C)cc3)[C@@](C#N)(C=CC1=O)O2. The average Bonchev–Trinajstić information content (AvgIpc) is 2.82. The largest absolute Gasteiger partial charge is 0.322 e. The number of fused-ring (bicyclic) bond motifs is 2. The zero-order valence-electron chi connectivity index (χ0n) is 14.9. The number of amides is 1. The Balaban J connectivity index is 2.03. The average molecular weight is 338 g/mol. The van der Waals surface area contributed by atoms with Gasteiger partial charge in [-0.2, -0.15) is 5.26 Å². The minimum Gasteiger partial charge on any atom is -0.322 e. The maximum absolute atomic E-state index is 12.4. The minimum atomic E-state index is -1.45. The second-order valence-corrected chi connectivity index (χ2v) is 7.84. The molecule has 3 rings (SSSR count). The van der Waals surface area contributed by atoms with E-state index in [2.05, 4.69) is 32.2 Å². The topological polar surface area (TPSA) is 79.2 Å². The molecule has 5 nitrogen and oxygen atoms in total. The van der Waals surface area contributed by atoms with Crippen LogP contribution in [0.2, 0.25) is 0 Å². The molecule has 5 heteroatoms. The van der Waals surface area contributed by atoms with Crippen molar-refractivity contribution in [1.82, 2.24) is 5.32 Å². The molecule has 2 aliphatic heterocycles. The summed E-state index contributed by atoms with van der Waals surface area (Å²) in [5, 5.41) is 12.4. The van der Waals surface area contributed by atoms with Gasteiger partial charge in [-0.1, -0.05) is 45.0 Å². The second-order valence-electron chi connectivity index (χ2n) is 7.84. The van der Waals surface area contributed by atoms with Gasteiger partial charge in [-0.3, -0.25) is 9.59 Å². The number of ketones is 1. The van der Waals surface area contributed by atoms with Gasteiger partial charge in [0.25, 0.3) is 0 Å². The van der Waals surface area contributed by atoms with E-state index < -0.39 is 11.3 Å². The van der Waals surface area contributed by atoms with E-state index >= 15 is 0 Å². The second kappa shape index (κ2) is 5.53. The van der Waals surface area contributed by atoms with E-state index in [1.54, 1.807) is 0 Å². The lowest BCUT2D eigenvalue weighted by atomic mass is 9.80. The lowest BCUT2D eigenvalue weighted by molar-refractivity contribution is -0.153. The number of hydrogen-bond donors (Lipinski definition) is 1. The first-order chi connectivity index (χ1) is 11.6. The molecular weight excluding hydrogens is 316 g/mol. The quantitative estimate of drug-likeness (QED) is 0.899. The number of carbonyl (C=O) groups excluding carboxylic acids is 2. The third-order valence-electron chi connectivity index (χ3n) is 4.96. The molecule has 1 saturated heterocycles. The van der Waals surface area contributed by atoms with Crippen LogP contribution in [-0.4, -0.2) is 23.0 Å². The number of benzene rings is 1. The Morgan fingerprint density at radius 2 is 1.96 bits per heavy atom. The highest BCUT2D eigenvalue weighted by atomic mass is 16.6. The Labute approximate surface area is 147 Å². The van der Waals surface area contributed by atoms with E-state index in [1.165, 1.54) is 24.6 Å². The summed E-state index contributed by atoms with van der Waals surface area (Å²) in [4.78, 5) is 24.0. The predicted octanol–water partition coefficient (Wildman–Crippen LogP) is 2.72. The van der Waals surface area contributed by atoms with Crippen molar-refractivity contribution >= 4 is 11.7 Å². The Kier molecular flexibility index (Phi) is 3.85. The van der Waals surface area contributed by atoms with E-state index in [4.69, 9.17) is 4.74 Å². The van der Waals surface area contributed by atoms with Gasteiger partial charge in [0, 0.05) is 19.3 Å². The summed E-state index contributed by atoms with van der Waals surface area (Å²) in [7, 11) is 0. The van der Waals surface area contributed by atoms with Gasteiger partial charge < -0.3 is 10.1 Å². The summed E-state index contributed by atoms with van der Waals surface area (Å²) >= 11 is 0. The van der Waals surface area contributed by atoms with Crippen molar-refractivity contribution in [3.05, 3.63) is 47.5 Å². The predicted molar refractivity (Wildman–Crippen MR) is 92.6 cm³/mol. The molecule has 130 valence electrons. The Bertz CT molecular complexity index is 798. The van der Waals surface area contributed by atoms with Gasteiger partial charge >= 0.3 is 0 Å². The van der Waals surface area contributed by atoms with E-state index in [-0.39, 0.29) is 29.4 Å². The van der Waals surface area contributed by atoms with Crippen LogP contribution >= 0.6 is 0 Å². The molecule has 1 fully saturated rings. The number of hydrogen-bond acceptors (Lipinski definition) is 4. The normalized spacial score (nSPS) is 30.8. The summed E-state index contributed by atoms with van der Waals surface area (Å²) in [6, 6.07) is 10.3. The summed E-state index contributed by atoms with van der Waals surface area (Å²) in [5.74, 6) is -1.03. The van der Waals surface area contributed by atoms with Crippen LogP contribution in [0.5, 0.6) is 0 Å². The van der Waals surface area contributed by atoms with Crippen LogP contribution in [-0.2, 0) is 19.7 Å². The van der Waals surface area contributed by atoms with Crippen molar-refractivity contribution in [2.75, 3.05) is 0 Å². The summed E-state index contributed by atoms with van der Waals surface area (Å²) < 4.78 is 5.88. The maximum Gasteiger partial charge on any atom is 0.219 e. The van der Waals surface area contributed by atoms with Crippen molar-refractivity contribution in [2.24, 2.45) is 0 Å². The van der Waals surface area contributed by atoms with Gasteiger partial charge in [0.15, 0.2) is 5.60 Å². The Morgan fingerprint density at radius 1 is 1.32 bits per heavy atom. The molecule has 0 aromatic heterocycles. The van der Waals surface area contributed by atoms with Crippen LogP contribution in [0.15, 0.2) is 36.4 Å². The van der Waals surface area contributed by atoms with E-state index in [0.29, 0.717) is 0 Å². The Hall–Kier alpha value is -2.45. The van der Waals surface area contributed by atoms with Crippen LogP contribution in [0.25, 0.3) is 0 Å². The molecule has 1 aromatic carbocycles. The number of nitrogens with one attached hydrogen (secondary N) is 1. The van der Waals surface area contributed by atoms with E-state index in [0.717, 1.165) is 5.56 Å². The smallest absolute Gasteiger partial charge is 0.219 e. The summed E-state index contributed by atoms with van der Waals surface area (Å²) in [6.07, 6.45) is 3.11. The molecule has 1 amide bonds. The fraction of sp³-hybridized carbons (Fsp3) is 0.450. The van der Waals surface area contributed by atoms with Gasteiger partial charge in [0.2, 0.25) is 17.4 Å². The van der Waals surface area contributed by atoms with Gasteiger partial charge in [-0.05, 0) is 28.7 Å². The highest BCUT2D eigenvalue weighted by molar-refractivity contribution is 6.01. The number of carbonyl (C=O) groups is 2. The first-order valence-corrected chi connectivity index (χ1v) is 8.36.